The van der Waals surface area contributed by atoms with Crippen molar-refractivity contribution in [1.82, 2.24) is 5.32 Å². The van der Waals surface area contributed by atoms with Gasteiger partial charge in [-0.1, -0.05) is 28.1 Å². The zero-order valence-corrected chi connectivity index (χ0v) is 10.5. The summed E-state index contributed by atoms with van der Waals surface area (Å²) in [4.78, 5) is 11.6. The topological polar surface area (TPSA) is 55.1 Å². The Balaban J connectivity index is 1.91. The first-order valence-electron chi connectivity index (χ1n) is 5.45. The van der Waals surface area contributed by atoms with E-state index in [0.717, 1.165) is 22.9 Å². The molecule has 0 heterocycles. The number of rotatable bonds is 4. The SMILES string of the molecule is NC(CC(=O)NC1CC1)c1cccc(Br)c1. The maximum absolute atomic E-state index is 11.6. The predicted octanol–water partition coefficient (Wildman–Crippen LogP) is 2.12. The molecule has 4 heteroatoms. The molecule has 1 aliphatic carbocycles. The summed E-state index contributed by atoms with van der Waals surface area (Å²) in [7, 11) is 0. The predicted molar refractivity (Wildman–Crippen MR) is 66.9 cm³/mol. The van der Waals surface area contributed by atoms with Crippen LogP contribution in [0.15, 0.2) is 28.7 Å². The highest BCUT2D eigenvalue weighted by molar-refractivity contribution is 9.10. The highest BCUT2D eigenvalue weighted by Crippen LogP contribution is 2.21. The van der Waals surface area contributed by atoms with Gasteiger partial charge in [0.05, 0.1) is 0 Å². The molecule has 3 nitrogen and oxygen atoms in total. The molecule has 1 unspecified atom stereocenters. The Hall–Kier alpha value is -0.870. The van der Waals surface area contributed by atoms with E-state index in [1.165, 1.54) is 0 Å². The molecule has 1 fully saturated rings. The lowest BCUT2D eigenvalue weighted by Gasteiger charge is -2.12. The zero-order chi connectivity index (χ0) is 11.5. The molecule has 1 aromatic rings. The normalized spacial score (nSPS) is 16.9. The Kier molecular flexibility index (Phi) is 3.61. The highest BCUT2D eigenvalue weighted by atomic mass is 79.9. The van der Waals surface area contributed by atoms with Crippen LogP contribution in [0, 0.1) is 0 Å². The van der Waals surface area contributed by atoms with Crippen molar-refractivity contribution in [1.29, 1.82) is 0 Å². The fourth-order valence-electron chi connectivity index (χ4n) is 1.57. The molecule has 1 saturated carbocycles. The van der Waals surface area contributed by atoms with Gasteiger partial charge >= 0.3 is 0 Å². The third-order valence-electron chi connectivity index (χ3n) is 2.62. The molecule has 1 atom stereocenters. The summed E-state index contributed by atoms with van der Waals surface area (Å²) in [6.45, 7) is 0. The van der Waals surface area contributed by atoms with Crippen LogP contribution in [0.1, 0.15) is 30.9 Å². The molecule has 16 heavy (non-hydrogen) atoms. The second kappa shape index (κ2) is 4.97. The van der Waals surface area contributed by atoms with E-state index < -0.39 is 0 Å². The van der Waals surface area contributed by atoms with Gasteiger partial charge in [0, 0.05) is 23.0 Å². The van der Waals surface area contributed by atoms with Crippen molar-refractivity contribution in [2.45, 2.75) is 31.3 Å². The van der Waals surface area contributed by atoms with E-state index in [1.54, 1.807) is 0 Å². The lowest BCUT2D eigenvalue weighted by Crippen LogP contribution is -2.29. The average molecular weight is 283 g/mol. The number of hydrogen-bond donors (Lipinski definition) is 2. The Morgan fingerprint density at radius 1 is 1.56 bits per heavy atom. The van der Waals surface area contributed by atoms with Gasteiger partial charge in [0.2, 0.25) is 5.91 Å². The van der Waals surface area contributed by atoms with Crippen molar-refractivity contribution in [3.63, 3.8) is 0 Å². The van der Waals surface area contributed by atoms with E-state index in [2.05, 4.69) is 21.2 Å². The van der Waals surface area contributed by atoms with Crippen LogP contribution in [0.5, 0.6) is 0 Å². The van der Waals surface area contributed by atoms with Crippen LogP contribution in [-0.4, -0.2) is 11.9 Å². The Morgan fingerprint density at radius 3 is 2.94 bits per heavy atom. The first-order valence-corrected chi connectivity index (χ1v) is 6.25. The number of benzene rings is 1. The standard InChI is InChI=1S/C12H15BrN2O/c13-9-3-1-2-8(6-9)11(14)7-12(16)15-10-4-5-10/h1-3,6,10-11H,4-5,7,14H2,(H,15,16). The molecule has 1 amide bonds. The quantitative estimate of drug-likeness (QED) is 0.889. The smallest absolute Gasteiger partial charge is 0.222 e. The Morgan fingerprint density at radius 2 is 2.31 bits per heavy atom. The molecule has 0 radical (unpaired) electrons. The lowest BCUT2D eigenvalue weighted by atomic mass is 10.0. The first-order chi connectivity index (χ1) is 7.65. The minimum Gasteiger partial charge on any atom is -0.353 e. The molecule has 1 aromatic carbocycles. The van der Waals surface area contributed by atoms with Gasteiger partial charge in [0.1, 0.15) is 0 Å². The second-order valence-corrected chi connectivity index (χ2v) is 5.12. The number of hydrogen-bond acceptors (Lipinski definition) is 2. The van der Waals surface area contributed by atoms with Crippen LogP contribution in [0.3, 0.4) is 0 Å². The van der Waals surface area contributed by atoms with E-state index in [0.29, 0.717) is 12.5 Å². The summed E-state index contributed by atoms with van der Waals surface area (Å²) >= 11 is 3.39. The summed E-state index contributed by atoms with van der Waals surface area (Å²) in [5, 5.41) is 2.94. The van der Waals surface area contributed by atoms with Crippen LogP contribution in [-0.2, 0) is 4.79 Å². The number of halogens is 1. The molecular weight excluding hydrogens is 268 g/mol. The number of amides is 1. The molecule has 0 spiro atoms. The van der Waals surface area contributed by atoms with Crippen molar-refractivity contribution < 1.29 is 4.79 Å². The second-order valence-electron chi connectivity index (χ2n) is 4.21. The summed E-state index contributed by atoms with van der Waals surface area (Å²) in [6.07, 6.45) is 2.57. The van der Waals surface area contributed by atoms with Gasteiger partial charge < -0.3 is 11.1 Å². The summed E-state index contributed by atoms with van der Waals surface area (Å²) in [5.74, 6) is 0.0509. The molecule has 0 bridgehead atoms. The Bertz CT molecular complexity index is 390. The van der Waals surface area contributed by atoms with E-state index in [4.69, 9.17) is 5.73 Å². The zero-order valence-electron chi connectivity index (χ0n) is 8.95. The maximum Gasteiger partial charge on any atom is 0.222 e. The summed E-state index contributed by atoms with van der Waals surface area (Å²) in [5.41, 5.74) is 6.97. The molecule has 0 aliphatic heterocycles. The molecule has 1 aliphatic rings. The number of nitrogens with one attached hydrogen (secondary N) is 1. The van der Waals surface area contributed by atoms with E-state index in [-0.39, 0.29) is 11.9 Å². The number of carbonyl (C=O) groups is 1. The van der Waals surface area contributed by atoms with Crippen LogP contribution in [0.4, 0.5) is 0 Å². The molecule has 3 N–H and O–H groups in total. The molecule has 2 rings (SSSR count). The van der Waals surface area contributed by atoms with E-state index in [1.807, 2.05) is 24.3 Å². The third kappa shape index (κ3) is 3.32. The minimum atomic E-state index is -0.226. The van der Waals surface area contributed by atoms with Gasteiger partial charge in [0.25, 0.3) is 0 Å². The van der Waals surface area contributed by atoms with Crippen LogP contribution in [0.2, 0.25) is 0 Å². The fourth-order valence-corrected chi connectivity index (χ4v) is 1.99. The van der Waals surface area contributed by atoms with Crippen LogP contribution >= 0.6 is 15.9 Å². The Labute approximate surface area is 104 Å². The molecular formula is C12H15BrN2O. The molecule has 86 valence electrons. The van der Waals surface area contributed by atoms with E-state index in [9.17, 15) is 4.79 Å². The largest absolute Gasteiger partial charge is 0.353 e. The fraction of sp³-hybridized carbons (Fsp3) is 0.417. The average Bonchev–Trinajstić information content (AvgIpc) is 3.01. The van der Waals surface area contributed by atoms with Crippen molar-refractivity contribution in [2.24, 2.45) is 5.73 Å². The number of nitrogens with two attached hydrogens (primary N) is 1. The molecule has 0 saturated heterocycles. The van der Waals surface area contributed by atoms with Gasteiger partial charge in [-0.2, -0.15) is 0 Å². The molecule has 0 aromatic heterocycles. The van der Waals surface area contributed by atoms with Gasteiger partial charge in [-0.3, -0.25) is 4.79 Å². The third-order valence-corrected chi connectivity index (χ3v) is 3.12. The van der Waals surface area contributed by atoms with Gasteiger partial charge in [-0.05, 0) is 30.5 Å². The van der Waals surface area contributed by atoms with E-state index >= 15 is 0 Å². The number of carbonyl (C=O) groups excluding carboxylic acids is 1. The van der Waals surface area contributed by atoms with Gasteiger partial charge in [0.15, 0.2) is 0 Å². The summed E-state index contributed by atoms with van der Waals surface area (Å²) < 4.78 is 0.989. The van der Waals surface area contributed by atoms with Crippen LogP contribution < -0.4 is 11.1 Å². The lowest BCUT2D eigenvalue weighted by molar-refractivity contribution is -0.121. The van der Waals surface area contributed by atoms with Crippen molar-refractivity contribution in [3.05, 3.63) is 34.3 Å². The van der Waals surface area contributed by atoms with Gasteiger partial charge in [-0.15, -0.1) is 0 Å². The van der Waals surface area contributed by atoms with Crippen molar-refractivity contribution in [2.75, 3.05) is 0 Å². The minimum absolute atomic E-state index is 0.0509. The van der Waals surface area contributed by atoms with Crippen LogP contribution in [0.25, 0.3) is 0 Å². The maximum atomic E-state index is 11.6. The highest BCUT2D eigenvalue weighted by Gasteiger charge is 2.24. The monoisotopic (exact) mass is 282 g/mol. The van der Waals surface area contributed by atoms with Crippen molar-refractivity contribution >= 4 is 21.8 Å². The first kappa shape index (κ1) is 11.6. The van der Waals surface area contributed by atoms with Crippen molar-refractivity contribution in [3.8, 4) is 0 Å². The van der Waals surface area contributed by atoms with Gasteiger partial charge in [-0.25, -0.2) is 0 Å². The summed E-state index contributed by atoms with van der Waals surface area (Å²) in [6, 6.07) is 7.95.